The van der Waals surface area contributed by atoms with Crippen LogP contribution < -0.4 is 0 Å². The van der Waals surface area contributed by atoms with Gasteiger partial charge in [-0.1, -0.05) is 36.8 Å². The van der Waals surface area contributed by atoms with Gasteiger partial charge in [0.05, 0.1) is 12.0 Å². The normalized spacial score (nSPS) is 22.9. The van der Waals surface area contributed by atoms with Gasteiger partial charge in [0.2, 0.25) is 0 Å². The maximum atomic E-state index is 4.78. The fourth-order valence-electron chi connectivity index (χ4n) is 3.74. The molecule has 2 aromatic rings. The Morgan fingerprint density at radius 3 is 2.64 bits per heavy atom. The van der Waals surface area contributed by atoms with Crippen molar-refractivity contribution in [2.75, 3.05) is 13.6 Å². The van der Waals surface area contributed by atoms with Crippen LogP contribution in [-0.2, 0) is 6.54 Å². The molecule has 1 aliphatic carbocycles. The summed E-state index contributed by atoms with van der Waals surface area (Å²) >= 11 is 0. The van der Waals surface area contributed by atoms with Crippen LogP contribution in [0.25, 0.3) is 11.3 Å². The van der Waals surface area contributed by atoms with Crippen LogP contribution in [0.15, 0.2) is 36.7 Å². The van der Waals surface area contributed by atoms with E-state index >= 15 is 0 Å². The summed E-state index contributed by atoms with van der Waals surface area (Å²) < 4.78 is 2.45. The van der Waals surface area contributed by atoms with Crippen LogP contribution in [0, 0.1) is 0 Å². The van der Waals surface area contributed by atoms with E-state index in [1.54, 1.807) is 0 Å². The van der Waals surface area contributed by atoms with Crippen LogP contribution in [0.1, 0.15) is 43.7 Å². The maximum absolute atomic E-state index is 4.78. The summed E-state index contributed by atoms with van der Waals surface area (Å²) in [6.07, 6.45) is 8.77. The lowest BCUT2D eigenvalue weighted by Crippen LogP contribution is -2.39. The number of piperidine rings is 1. The van der Waals surface area contributed by atoms with Gasteiger partial charge in [0.15, 0.2) is 0 Å². The highest BCUT2D eigenvalue weighted by molar-refractivity contribution is 5.63. The predicted octanol–water partition coefficient (Wildman–Crippen LogP) is 3.91. The van der Waals surface area contributed by atoms with Crippen molar-refractivity contribution in [3.05, 3.63) is 42.4 Å². The first kappa shape index (κ1) is 14.0. The molecule has 0 bridgehead atoms. The third kappa shape index (κ3) is 2.70. The van der Waals surface area contributed by atoms with Gasteiger partial charge in [0, 0.05) is 29.8 Å². The molecule has 0 radical (unpaired) electrons. The van der Waals surface area contributed by atoms with Crippen molar-refractivity contribution in [1.82, 2.24) is 14.5 Å². The summed E-state index contributed by atoms with van der Waals surface area (Å²) in [5, 5.41) is 0. The van der Waals surface area contributed by atoms with Crippen LogP contribution in [0.2, 0.25) is 0 Å². The molecule has 3 heteroatoms. The van der Waals surface area contributed by atoms with Crippen molar-refractivity contribution in [2.24, 2.45) is 0 Å². The van der Waals surface area contributed by atoms with Gasteiger partial charge in [-0.25, -0.2) is 4.98 Å². The van der Waals surface area contributed by atoms with Crippen LogP contribution in [0.3, 0.4) is 0 Å². The van der Waals surface area contributed by atoms with Crippen LogP contribution in [0.4, 0.5) is 0 Å². The first-order valence-corrected chi connectivity index (χ1v) is 8.63. The van der Waals surface area contributed by atoms with Crippen molar-refractivity contribution in [3.63, 3.8) is 0 Å². The molecule has 116 valence electrons. The molecule has 1 aliphatic heterocycles. The molecule has 2 aliphatic rings. The maximum Gasteiger partial charge on any atom is 0.0956 e. The largest absolute Gasteiger partial charge is 0.332 e. The Morgan fingerprint density at radius 1 is 1.09 bits per heavy atom. The number of likely N-dealkylation sites (N-methyl/N-ethyl adjacent to an activating group) is 1. The first-order valence-electron chi connectivity index (χ1n) is 8.63. The Bertz CT molecular complexity index is 627. The van der Waals surface area contributed by atoms with Crippen molar-refractivity contribution in [1.29, 1.82) is 0 Å². The van der Waals surface area contributed by atoms with E-state index in [-0.39, 0.29) is 0 Å². The van der Waals surface area contributed by atoms with Gasteiger partial charge in [0.1, 0.15) is 0 Å². The fourth-order valence-corrected chi connectivity index (χ4v) is 3.74. The van der Waals surface area contributed by atoms with Crippen molar-refractivity contribution < 1.29 is 0 Å². The number of hydrogen-bond acceptors (Lipinski definition) is 2. The minimum absolute atomic E-state index is 0.670. The molecule has 4 rings (SSSR count). The van der Waals surface area contributed by atoms with E-state index in [9.17, 15) is 0 Å². The lowest BCUT2D eigenvalue weighted by atomic mass is 10.0. The van der Waals surface area contributed by atoms with E-state index in [0.29, 0.717) is 6.04 Å². The van der Waals surface area contributed by atoms with E-state index in [4.69, 9.17) is 4.98 Å². The Balaban J connectivity index is 1.64. The zero-order valence-electron chi connectivity index (χ0n) is 13.4. The molecule has 1 saturated carbocycles. The zero-order valence-corrected chi connectivity index (χ0v) is 13.4. The molecule has 2 fully saturated rings. The number of benzene rings is 1. The Morgan fingerprint density at radius 2 is 1.91 bits per heavy atom. The number of likely N-dealkylation sites (tertiary alicyclic amines) is 1. The molecule has 22 heavy (non-hydrogen) atoms. The molecule has 0 spiro atoms. The van der Waals surface area contributed by atoms with Gasteiger partial charge in [-0.05, 0) is 39.3 Å². The van der Waals surface area contributed by atoms with E-state index in [0.717, 1.165) is 12.5 Å². The fraction of sp³-hybridized carbons (Fsp3) is 0.526. The molecule has 1 atom stereocenters. The zero-order chi connectivity index (χ0) is 14.9. The second kappa shape index (κ2) is 5.88. The van der Waals surface area contributed by atoms with E-state index in [1.807, 2.05) is 0 Å². The topological polar surface area (TPSA) is 21.1 Å². The van der Waals surface area contributed by atoms with Gasteiger partial charge in [-0.2, -0.15) is 0 Å². The van der Waals surface area contributed by atoms with E-state index < -0.39 is 0 Å². The predicted molar refractivity (Wildman–Crippen MR) is 89.9 cm³/mol. The molecule has 1 aromatic heterocycles. The summed E-state index contributed by atoms with van der Waals surface area (Å²) in [4.78, 5) is 7.31. The minimum Gasteiger partial charge on any atom is -0.332 e. The highest BCUT2D eigenvalue weighted by Gasteiger charge is 2.31. The Labute approximate surface area is 133 Å². The minimum atomic E-state index is 0.670. The lowest BCUT2D eigenvalue weighted by Gasteiger charge is -2.33. The molecule has 1 saturated heterocycles. The summed E-state index contributed by atoms with van der Waals surface area (Å²) in [6, 6.07) is 11.3. The van der Waals surface area contributed by atoms with Gasteiger partial charge < -0.3 is 9.47 Å². The number of rotatable bonds is 4. The standard InChI is InChI=1S/C19H25N3/c1-21-12-6-5-9-17(21)13-22-14-20-18(19(22)16-10-11-16)15-7-3-2-4-8-15/h2-4,7-8,14,16-17H,5-6,9-13H2,1H3. The van der Waals surface area contributed by atoms with Crippen LogP contribution in [0.5, 0.6) is 0 Å². The first-order chi connectivity index (χ1) is 10.8. The number of hydrogen-bond donors (Lipinski definition) is 0. The number of nitrogens with zero attached hydrogens (tertiary/aromatic N) is 3. The second-order valence-electron chi connectivity index (χ2n) is 6.90. The van der Waals surface area contributed by atoms with Gasteiger partial charge in [-0.15, -0.1) is 0 Å². The highest BCUT2D eigenvalue weighted by atomic mass is 15.2. The molecule has 1 aromatic carbocycles. The van der Waals surface area contributed by atoms with E-state index in [1.165, 1.54) is 55.6 Å². The third-order valence-corrected chi connectivity index (χ3v) is 5.22. The molecular weight excluding hydrogens is 270 g/mol. The average molecular weight is 295 g/mol. The summed E-state index contributed by atoms with van der Waals surface area (Å²) in [7, 11) is 2.27. The van der Waals surface area contributed by atoms with Crippen molar-refractivity contribution >= 4 is 0 Å². The van der Waals surface area contributed by atoms with Crippen LogP contribution >= 0.6 is 0 Å². The molecule has 0 N–H and O–H groups in total. The molecule has 3 nitrogen and oxygen atoms in total. The lowest BCUT2D eigenvalue weighted by molar-refractivity contribution is 0.166. The number of imidazole rings is 1. The molecule has 0 amide bonds. The quantitative estimate of drug-likeness (QED) is 0.852. The molecule has 1 unspecified atom stereocenters. The second-order valence-corrected chi connectivity index (χ2v) is 6.90. The van der Waals surface area contributed by atoms with E-state index in [2.05, 4.69) is 53.2 Å². The van der Waals surface area contributed by atoms with Gasteiger partial charge >= 0.3 is 0 Å². The Hall–Kier alpha value is -1.61. The van der Waals surface area contributed by atoms with Crippen molar-refractivity contribution in [2.45, 2.75) is 50.6 Å². The monoisotopic (exact) mass is 295 g/mol. The van der Waals surface area contributed by atoms with Gasteiger partial charge in [-0.3, -0.25) is 0 Å². The summed E-state index contributed by atoms with van der Waals surface area (Å²) in [5.41, 5.74) is 3.95. The van der Waals surface area contributed by atoms with Crippen molar-refractivity contribution in [3.8, 4) is 11.3 Å². The SMILES string of the molecule is CN1CCCCC1Cn1cnc(-c2ccccc2)c1C1CC1. The molecule has 2 heterocycles. The summed E-state index contributed by atoms with van der Waals surface area (Å²) in [5.74, 6) is 0.728. The van der Waals surface area contributed by atoms with Crippen LogP contribution in [-0.4, -0.2) is 34.1 Å². The smallest absolute Gasteiger partial charge is 0.0956 e. The molecular formula is C19H25N3. The third-order valence-electron chi connectivity index (χ3n) is 5.22. The van der Waals surface area contributed by atoms with Gasteiger partial charge in [0.25, 0.3) is 0 Å². The summed E-state index contributed by atoms with van der Waals surface area (Å²) in [6.45, 7) is 2.34. The average Bonchev–Trinajstić information content (AvgIpc) is 3.31. The highest BCUT2D eigenvalue weighted by Crippen LogP contribution is 2.44. The Kier molecular flexibility index (Phi) is 3.75. The number of aromatic nitrogens is 2.